The Kier molecular flexibility index (Phi) is 1.85. The number of aromatic nitrogens is 2. The summed E-state index contributed by atoms with van der Waals surface area (Å²) in [6.45, 7) is 0. The molecule has 2 aromatic carbocycles. The largest absolute Gasteiger partial charge is 0.284 e. The van der Waals surface area contributed by atoms with Gasteiger partial charge in [0.05, 0.1) is 21.1 Å². The molecule has 0 aliphatic heterocycles. The van der Waals surface area contributed by atoms with Gasteiger partial charge in [-0.15, -0.1) is 0 Å². The van der Waals surface area contributed by atoms with Gasteiger partial charge in [-0.1, -0.05) is 35.6 Å². The molecule has 3 nitrogen and oxygen atoms in total. The first kappa shape index (κ1) is 9.79. The van der Waals surface area contributed by atoms with Gasteiger partial charge in [-0.3, -0.25) is 9.20 Å². The van der Waals surface area contributed by atoms with Gasteiger partial charge in [-0.05, 0) is 24.3 Å². The van der Waals surface area contributed by atoms with Crippen LogP contribution in [0.2, 0.25) is 0 Å². The van der Waals surface area contributed by atoms with E-state index >= 15 is 0 Å². The molecule has 2 aromatic heterocycles. The second kappa shape index (κ2) is 3.40. The minimum absolute atomic E-state index is 0.155. The average molecular weight is 252 g/mol. The summed E-state index contributed by atoms with van der Waals surface area (Å²) in [4.78, 5) is 16.9. The van der Waals surface area contributed by atoms with Crippen LogP contribution in [0.25, 0.3) is 26.1 Å². The molecule has 4 aromatic rings. The Morgan fingerprint density at radius 2 is 1.67 bits per heavy atom. The third kappa shape index (κ3) is 1.18. The van der Waals surface area contributed by atoms with E-state index in [0.717, 1.165) is 20.7 Å². The van der Waals surface area contributed by atoms with Crippen LogP contribution in [0.3, 0.4) is 0 Å². The van der Waals surface area contributed by atoms with E-state index in [2.05, 4.69) is 15.5 Å². The normalized spacial score (nSPS) is 11.6. The van der Waals surface area contributed by atoms with E-state index in [1.807, 2.05) is 42.5 Å². The highest BCUT2D eigenvalue weighted by atomic mass is 32.1. The lowest BCUT2D eigenvalue weighted by Crippen LogP contribution is -2.08. The fourth-order valence-electron chi connectivity index (χ4n) is 2.28. The van der Waals surface area contributed by atoms with Gasteiger partial charge in [0.25, 0.3) is 5.56 Å². The lowest BCUT2D eigenvalue weighted by molar-refractivity contribution is 1.21. The van der Waals surface area contributed by atoms with E-state index in [9.17, 15) is 4.79 Å². The average Bonchev–Trinajstić information content (AvgIpc) is 2.77. The van der Waals surface area contributed by atoms with Crippen molar-refractivity contribution in [3.05, 3.63) is 58.9 Å². The van der Waals surface area contributed by atoms with Crippen LogP contribution in [0.4, 0.5) is 0 Å². The van der Waals surface area contributed by atoms with Crippen LogP contribution in [0.15, 0.2) is 53.3 Å². The number of hydrogen-bond donors (Lipinski definition) is 0. The summed E-state index contributed by atoms with van der Waals surface area (Å²) >= 11 is 1.54. The van der Waals surface area contributed by atoms with Crippen molar-refractivity contribution in [1.29, 1.82) is 0 Å². The maximum absolute atomic E-state index is 12.0. The molecular weight excluding hydrogens is 244 g/mol. The van der Waals surface area contributed by atoms with Crippen molar-refractivity contribution >= 4 is 37.4 Å². The topological polar surface area (TPSA) is 34.4 Å². The predicted molar refractivity (Wildman–Crippen MR) is 74.4 cm³/mol. The number of rotatable bonds is 0. The molecule has 0 aliphatic carbocycles. The maximum atomic E-state index is 12.0. The van der Waals surface area contributed by atoms with Crippen molar-refractivity contribution < 1.29 is 0 Å². The van der Waals surface area contributed by atoms with Crippen LogP contribution in [-0.4, -0.2) is 9.38 Å². The molecule has 0 atom stereocenters. The molecule has 4 heteroatoms. The second-order valence-electron chi connectivity index (χ2n) is 4.12. The van der Waals surface area contributed by atoms with Crippen LogP contribution in [-0.2, 0) is 0 Å². The van der Waals surface area contributed by atoms with Gasteiger partial charge in [0, 0.05) is 0 Å². The van der Waals surface area contributed by atoms with Crippen molar-refractivity contribution in [3.63, 3.8) is 0 Å². The Balaban J connectivity index is 2.43. The summed E-state index contributed by atoms with van der Waals surface area (Å²) < 4.78 is 3.19. The van der Waals surface area contributed by atoms with Gasteiger partial charge in [-0.2, -0.15) is 4.98 Å². The fourth-order valence-corrected chi connectivity index (χ4v) is 3.30. The Bertz CT molecular complexity index is 952. The van der Waals surface area contributed by atoms with Gasteiger partial charge >= 0.3 is 0 Å². The summed E-state index contributed by atoms with van der Waals surface area (Å²) in [5, 5.41) is 0.665. The number of nitrogens with zero attached hydrogens (tertiary/aromatic N) is 2. The minimum Gasteiger partial charge on any atom is -0.284 e. The molecule has 0 amide bonds. The zero-order valence-corrected chi connectivity index (χ0v) is 10.1. The smallest absolute Gasteiger partial charge is 0.281 e. The fraction of sp³-hybridized carbons (Fsp3) is 0. The van der Waals surface area contributed by atoms with E-state index in [4.69, 9.17) is 0 Å². The molecule has 4 rings (SSSR count). The Labute approximate surface area is 106 Å². The summed E-state index contributed by atoms with van der Waals surface area (Å²) in [6.07, 6.45) is 0. The lowest BCUT2D eigenvalue weighted by Gasteiger charge is -2.01. The van der Waals surface area contributed by atoms with Crippen LogP contribution in [0.1, 0.15) is 0 Å². The standard InChI is InChI=1S/C14H8N2OS/c17-13-9-5-1-2-6-10(9)16-11-7-3-4-8-12(11)18-14(16)15-13/h1-8H. The number of para-hydroxylation sites is 2. The van der Waals surface area contributed by atoms with E-state index in [-0.39, 0.29) is 5.56 Å². The second-order valence-corrected chi connectivity index (χ2v) is 5.13. The van der Waals surface area contributed by atoms with Crippen molar-refractivity contribution in [3.8, 4) is 0 Å². The molecule has 0 bridgehead atoms. The molecule has 0 unspecified atom stereocenters. The highest BCUT2D eigenvalue weighted by Gasteiger charge is 2.09. The van der Waals surface area contributed by atoms with E-state index in [0.29, 0.717) is 5.39 Å². The monoisotopic (exact) mass is 252 g/mol. The van der Waals surface area contributed by atoms with E-state index < -0.39 is 0 Å². The molecule has 0 saturated heterocycles. The first-order valence-electron chi connectivity index (χ1n) is 5.64. The number of hydrogen-bond acceptors (Lipinski definition) is 3. The maximum Gasteiger partial charge on any atom is 0.281 e. The highest BCUT2D eigenvalue weighted by molar-refractivity contribution is 7.23. The number of thiazole rings is 1. The SMILES string of the molecule is O=c1nc2sc3ccccc3n2c2ccccc12. The van der Waals surface area contributed by atoms with Crippen LogP contribution in [0.5, 0.6) is 0 Å². The molecule has 0 N–H and O–H groups in total. The Hall–Kier alpha value is -2.20. The number of benzene rings is 2. The molecule has 2 heterocycles. The Morgan fingerprint density at radius 1 is 0.944 bits per heavy atom. The third-order valence-corrected chi connectivity index (χ3v) is 4.09. The number of fused-ring (bicyclic) bond motifs is 5. The molecule has 0 radical (unpaired) electrons. The molecule has 0 aliphatic rings. The minimum atomic E-state index is -0.155. The first-order chi connectivity index (χ1) is 8.84. The summed E-state index contributed by atoms with van der Waals surface area (Å²) in [6, 6.07) is 15.7. The van der Waals surface area contributed by atoms with E-state index in [1.165, 1.54) is 0 Å². The predicted octanol–water partition coefficient (Wildman–Crippen LogP) is 3.06. The lowest BCUT2D eigenvalue weighted by atomic mass is 10.2. The molecule has 0 saturated carbocycles. The highest BCUT2D eigenvalue weighted by Crippen LogP contribution is 2.27. The van der Waals surface area contributed by atoms with Crippen molar-refractivity contribution in [2.45, 2.75) is 0 Å². The van der Waals surface area contributed by atoms with Crippen molar-refractivity contribution in [2.24, 2.45) is 0 Å². The van der Waals surface area contributed by atoms with Crippen LogP contribution < -0.4 is 5.56 Å². The van der Waals surface area contributed by atoms with Gasteiger partial charge in [0.15, 0.2) is 4.96 Å². The van der Waals surface area contributed by atoms with Crippen molar-refractivity contribution in [2.75, 3.05) is 0 Å². The van der Waals surface area contributed by atoms with E-state index in [1.54, 1.807) is 11.3 Å². The first-order valence-corrected chi connectivity index (χ1v) is 6.45. The quantitative estimate of drug-likeness (QED) is 0.482. The van der Waals surface area contributed by atoms with Gasteiger partial charge in [-0.25, -0.2) is 0 Å². The molecular formula is C14H8N2OS. The summed E-state index contributed by atoms with van der Waals surface area (Å²) in [5.74, 6) is 0. The summed E-state index contributed by atoms with van der Waals surface area (Å²) in [7, 11) is 0. The third-order valence-electron chi connectivity index (χ3n) is 3.07. The molecule has 18 heavy (non-hydrogen) atoms. The van der Waals surface area contributed by atoms with Crippen molar-refractivity contribution in [1.82, 2.24) is 9.38 Å². The summed E-state index contributed by atoms with van der Waals surface area (Å²) in [5.41, 5.74) is 1.86. The zero-order valence-electron chi connectivity index (χ0n) is 9.33. The zero-order chi connectivity index (χ0) is 12.1. The molecule has 0 spiro atoms. The van der Waals surface area contributed by atoms with Gasteiger partial charge < -0.3 is 0 Å². The van der Waals surface area contributed by atoms with Gasteiger partial charge in [0.1, 0.15) is 0 Å². The van der Waals surface area contributed by atoms with Crippen LogP contribution >= 0.6 is 11.3 Å². The Morgan fingerprint density at radius 3 is 2.56 bits per heavy atom. The van der Waals surface area contributed by atoms with Crippen LogP contribution in [0, 0.1) is 0 Å². The molecule has 0 fully saturated rings. The molecule has 86 valence electrons. The van der Waals surface area contributed by atoms with Gasteiger partial charge in [0.2, 0.25) is 0 Å².